The molecule has 2 unspecified atom stereocenters. The smallest absolute Gasteiger partial charge is 0.305 e. The lowest BCUT2D eigenvalue weighted by Crippen LogP contribution is -2.11. The van der Waals surface area contributed by atoms with Crippen molar-refractivity contribution in [1.29, 1.82) is 10.5 Å². The number of ether oxygens (including phenoxy) is 2. The van der Waals surface area contributed by atoms with Gasteiger partial charge in [-0.2, -0.15) is 20.8 Å². The van der Waals surface area contributed by atoms with Gasteiger partial charge in [-0.15, -0.1) is 0 Å². The molecule has 0 rings (SSSR count). The zero-order valence-electron chi connectivity index (χ0n) is 17.1. The third kappa shape index (κ3) is 14.7. The number of rotatable bonds is 16. The number of nitrogens with zero attached hydrogens (tertiary/aromatic N) is 4. The number of unbranched alkanes of at least 4 members (excludes halogenated alkanes) is 2. The zero-order chi connectivity index (χ0) is 21.0. The van der Waals surface area contributed by atoms with Crippen molar-refractivity contribution in [2.75, 3.05) is 26.3 Å². The highest BCUT2D eigenvalue weighted by Crippen LogP contribution is 2.10. The third-order valence-electron chi connectivity index (χ3n) is 3.98. The second-order valence-corrected chi connectivity index (χ2v) is 6.53. The lowest BCUT2D eigenvalue weighted by atomic mass is 10.1. The molecule has 156 valence electrons. The highest BCUT2D eigenvalue weighted by Gasteiger charge is 2.13. The Hall–Kier alpha value is -2.48. The van der Waals surface area contributed by atoms with E-state index in [9.17, 15) is 9.59 Å². The molecule has 0 bridgehead atoms. The molecule has 0 radical (unpaired) electrons. The van der Waals surface area contributed by atoms with Crippen LogP contribution in [0.3, 0.4) is 0 Å². The van der Waals surface area contributed by atoms with Gasteiger partial charge in [0.15, 0.2) is 0 Å². The predicted octanol–water partition coefficient (Wildman–Crippen LogP) is 3.97. The molecule has 2 atom stereocenters. The van der Waals surface area contributed by atoms with Crippen molar-refractivity contribution >= 4 is 11.9 Å². The minimum Gasteiger partial charge on any atom is -0.466 e. The first kappa shape index (κ1) is 25.5. The molecule has 8 heteroatoms. The lowest BCUT2D eigenvalue weighted by Gasteiger charge is -2.07. The van der Waals surface area contributed by atoms with Gasteiger partial charge in [-0.25, -0.2) is 0 Å². The average Bonchev–Trinajstić information content (AvgIpc) is 2.70. The Morgan fingerprint density at radius 2 is 1.21 bits per heavy atom. The fourth-order valence-corrected chi connectivity index (χ4v) is 2.10. The molecule has 0 fully saturated rings. The molecule has 28 heavy (non-hydrogen) atoms. The minimum atomic E-state index is -0.420. The normalized spacial score (nSPS) is 12.7. The monoisotopic (exact) mass is 392 g/mol. The van der Waals surface area contributed by atoms with Crippen molar-refractivity contribution in [2.45, 2.75) is 65.2 Å². The Bertz CT molecular complexity index is 503. The standard InChI is InChI=1S/C20H32N4O4/c1-3-5-11-27-19(25)9-7-17(13-21)15-23-24-16-18(14-22)8-10-20(26)28-12-6-4-2/h17-18H,3-12,15-16H2,1-2H3. The molecule has 0 aliphatic carbocycles. The van der Waals surface area contributed by atoms with E-state index in [2.05, 4.69) is 22.4 Å². The molecule has 0 amide bonds. The van der Waals surface area contributed by atoms with Crippen molar-refractivity contribution in [2.24, 2.45) is 22.1 Å². The minimum absolute atomic E-state index is 0.177. The van der Waals surface area contributed by atoms with Crippen LogP contribution in [0.15, 0.2) is 10.2 Å². The van der Waals surface area contributed by atoms with Crippen molar-refractivity contribution < 1.29 is 19.1 Å². The van der Waals surface area contributed by atoms with Crippen LogP contribution in [0.5, 0.6) is 0 Å². The quantitative estimate of drug-likeness (QED) is 0.222. The molecule has 0 saturated heterocycles. The topological polar surface area (TPSA) is 125 Å². The molecule has 0 aliphatic heterocycles. The molecule has 0 aliphatic rings. The SMILES string of the molecule is CCCCOC(=O)CCC(C#N)CN=NCC(C#N)CCC(=O)OCCCC. The molecule has 0 aromatic heterocycles. The van der Waals surface area contributed by atoms with Gasteiger partial charge >= 0.3 is 11.9 Å². The van der Waals surface area contributed by atoms with E-state index in [1.165, 1.54) is 0 Å². The Balaban J connectivity index is 4.06. The van der Waals surface area contributed by atoms with Crippen molar-refractivity contribution in [3.63, 3.8) is 0 Å². The second kappa shape index (κ2) is 17.9. The van der Waals surface area contributed by atoms with E-state index < -0.39 is 11.8 Å². The van der Waals surface area contributed by atoms with E-state index in [1.807, 2.05) is 13.8 Å². The predicted molar refractivity (Wildman–Crippen MR) is 103 cm³/mol. The van der Waals surface area contributed by atoms with E-state index in [4.69, 9.17) is 20.0 Å². The number of hydrogen-bond acceptors (Lipinski definition) is 8. The first-order chi connectivity index (χ1) is 13.6. The maximum absolute atomic E-state index is 11.5. The van der Waals surface area contributed by atoms with E-state index in [1.54, 1.807) is 0 Å². The summed E-state index contributed by atoms with van der Waals surface area (Å²) in [6.07, 6.45) is 4.67. The first-order valence-electron chi connectivity index (χ1n) is 10.0. The molecule has 0 saturated carbocycles. The summed E-state index contributed by atoms with van der Waals surface area (Å²) in [6.45, 7) is 5.20. The van der Waals surface area contributed by atoms with E-state index in [-0.39, 0.29) is 37.9 Å². The fourth-order valence-electron chi connectivity index (χ4n) is 2.10. The molecule has 0 spiro atoms. The van der Waals surface area contributed by atoms with E-state index in [0.717, 1.165) is 25.7 Å². The van der Waals surface area contributed by atoms with Crippen LogP contribution >= 0.6 is 0 Å². The highest BCUT2D eigenvalue weighted by atomic mass is 16.5. The van der Waals surface area contributed by atoms with Gasteiger partial charge in [-0.3, -0.25) is 9.59 Å². The maximum atomic E-state index is 11.5. The number of hydrogen-bond donors (Lipinski definition) is 0. The summed E-state index contributed by atoms with van der Waals surface area (Å²) in [5, 5.41) is 26.2. The Kier molecular flexibility index (Phi) is 16.3. The number of azo groups is 1. The molecule has 8 nitrogen and oxygen atoms in total. The van der Waals surface area contributed by atoms with Crippen molar-refractivity contribution in [3.05, 3.63) is 0 Å². The first-order valence-corrected chi connectivity index (χ1v) is 10.0. The zero-order valence-corrected chi connectivity index (χ0v) is 17.1. The largest absolute Gasteiger partial charge is 0.466 e. The Morgan fingerprint density at radius 3 is 1.54 bits per heavy atom. The summed E-state index contributed by atoms with van der Waals surface area (Å²) >= 11 is 0. The lowest BCUT2D eigenvalue weighted by molar-refractivity contribution is -0.144. The van der Waals surface area contributed by atoms with Crippen molar-refractivity contribution in [3.8, 4) is 12.1 Å². The molecule has 0 aromatic carbocycles. The van der Waals surface area contributed by atoms with Gasteiger partial charge < -0.3 is 9.47 Å². The number of carbonyl (C=O) groups excluding carboxylic acids is 2. The Morgan fingerprint density at radius 1 is 0.821 bits per heavy atom. The van der Waals surface area contributed by atoms with Crippen LogP contribution < -0.4 is 0 Å². The van der Waals surface area contributed by atoms with Gasteiger partial charge in [0.25, 0.3) is 0 Å². The number of nitriles is 2. The second-order valence-electron chi connectivity index (χ2n) is 6.53. The van der Waals surface area contributed by atoms with Crippen LogP contribution in [-0.2, 0) is 19.1 Å². The highest BCUT2D eigenvalue weighted by molar-refractivity contribution is 5.69. The summed E-state index contributed by atoms with van der Waals surface area (Å²) in [5.41, 5.74) is 0. The van der Waals surface area contributed by atoms with E-state index in [0.29, 0.717) is 26.1 Å². The van der Waals surface area contributed by atoms with Gasteiger partial charge in [0.05, 0.1) is 50.3 Å². The molecule has 0 heterocycles. The van der Waals surface area contributed by atoms with E-state index >= 15 is 0 Å². The molecular weight excluding hydrogens is 360 g/mol. The maximum Gasteiger partial charge on any atom is 0.305 e. The van der Waals surface area contributed by atoms with Crippen LogP contribution in [-0.4, -0.2) is 38.2 Å². The summed E-state index contributed by atoms with van der Waals surface area (Å²) in [5.74, 6) is -1.45. The van der Waals surface area contributed by atoms with Gasteiger partial charge in [-0.1, -0.05) is 26.7 Å². The summed E-state index contributed by atoms with van der Waals surface area (Å²) in [4.78, 5) is 23.1. The van der Waals surface area contributed by atoms with Gasteiger partial charge in [0, 0.05) is 12.8 Å². The number of esters is 2. The van der Waals surface area contributed by atoms with Crippen LogP contribution in [0.25, 0.3) is 0 Å². The van der Waals surface area contributed by atoms with Crippen LogP contribution in [0, 0.1) is 34.5 Å². The van der Waals surface area contributed by atoms with Crippen molar-refractivity contribution in [1.82, 2.24) is 0 Å². The van der Waals surface area contributed by atoms with Crippen LogP contribution in [0.4, 0.5) is 0 Å². The summed E-state index contributed by atoms with van der Waals surface area (Å²) in [7, 11) is 0. The average molecular weight is 393 g/mol. The van der Waals surface area contributed by atoms with Crippen LogP contribution in [0.1, 0.15) is 65.2 Å². The van der Waals surface area contributed by atoms with Gasteiger partial charge in [-0.05, 0) is 25.7 Å². The fraction of sp³-hybridized carbons (Fsp3) is 0.800. The third-order valence-corrected chi connectivity index (χ3v) is 3.98. The molecule has 0 aromatic rings. The van der Waals surface area contributed by atoms with Gasteiger partial charge in [0.1, 0.15) is 0 Å². The number of carbonyl (C=O) groups is 2. The molecule has 0 N–H and O–H groups in total. The summed E-state index contributed by atoms with van der Waals surface area (Å²) < 4.78 is 10.1. The molecular formula is C20H32N4O4. The van der Waals surface area contributed by atoms with Gasteiger partial charge in [0.2, 0.25) is 0 Å². The summed E-state index contributed by atoms with van der Waals surface area (Å²) in [6, 6.07) is 4.21. The van der Waals surface area contributed by atoms with Crippen LogP contribution in [0.2, 0.25) is 0 Å². The Labute approximate surface area is 167 Å².